The van der Waals surface area contributed by atoms with E-state index in [0.29, 0.717) is 0 Å². The molecule has 4 nitrogen and oxygen atoms in total. The molecular weight excluding hydrogens is 252 g/mol. The summed E-state index contributed by atoms with van der Waals surface area (Å²) in [6.07, 6.45) is 3.10. The molecule has 0 radical (unpaired) electrons. The third kappa shape index (κ3) is 2.59. The SMILES string of the molecule is COc1ccccc1-n1c(C)cc(/C=C/C(N)=O)c1C. The highest BCUT2D eigenvalue weighted by molar-refractivity contribution is 5.90. The number of methoxy groups -OCH3 is 1. The number of aryl methyl sites for hydroxylation is 1. The maximum absolute atomic E-state index is 10.9. The third-order valence-corrected chi connectivity index (χ3v) is 3.22. The first-order valence-electron chi connectivity index (χ1n) is 6.34. The maximum atomic E-state index is 10.9. The highest BCUT2D eigenvalue weighted by Crippen LogP contribution is 2.28. The number of para-hydroxylation sites is 2. The van der Waals surface area contributed by atoms with E-state index in [1.165, 1.54) is 6.08 Å². The van der Waals surface area contributed by atoms with Gasteiger partial charge in [0.15, 0.2) is 0 Å². The second-order valence-electron chi connectivity index (χ2n) is 4.57. The van der Waals surface area contributed by atoms with E-state index in [4.69, 9.17) is 10.5 Å². The Bertz CT molecular complexity index is 669. The van der Waals surface area contributed by atoms with Crippen LogP contribution in [-0.4, -0.2) is 17.6 Å². The van der Waals surface area contributed by atoms with Gasteiger partial charge in [-0.15, -0.1) is 0 Å². The fraction of sp³-hybridized carbons (Fsp3) is 0.188. The quantitative estimate of drug-likeness (QED) is 0.868. The second kappa shape index (κ2) is 5.65. The van der Waals surface area contributed by atoms with Crippen LogP contribution in [-0.2, 0) is 4.79 Å². The predicted molar refractivity (Wildman–Crippen MR) is 80.0 cm³/mol. The van der Waals surface area contributed by atoms with Gasteiger partial charge in [0.1, 0.15) is 5.75 Å². The topological polar surface area (TPSA) is 57.2 Å². The number of carbonyl (C=O) groups excluding carboxylic acids is 1. The van der Waals surface area contributed by atoms with Crippen LogP contribution in [0, 0.1) is 13.8 Å². The lowest BCUT2D eigenvalue weighted by atomic mass is 10.2. The van der Waals surface area contributed by atoms with Crippen LogP contribution in [0.2, 0.25) is 0 Å². The minimum Gasteiger partial charge on any atom is -0.495 e. The Morgan fingerprint density at radius 2 is 2.00 bits per heavy atom. The first-order chi connectivity index (χ1) is 9.54. The van der Waals surface area contributed by atoms with Crippen LogP contribution in [0.25, 0.3) is 11.8 Å². The van der Waals surface area contributed by atoms with E-state index >= 15 is 0 Å². The summed E-state index contributed by atoms with van der Waals surface area (Å²) >= 11 is 0. The van der Waals surface area contributed by atoms with Gasteiger partial charge in [-0.05, 0) is 43.7 Å². The molecule has 0 aliphatic rings. The lowest BCUT2D eigenvalue weighted by Gasteiger charge is -2.13. The molecule has 2 aromatic rings. The zero-order valence-electron chi connectivity index (χ0n) is 11.9. The number of nitrogens with zero attached hydrogens (tertiary/aromatic N) is 1. The average molecular weight is 270 g/mol. The molecule has 0 bridgehead atoms. The molecule has 20 heavy (non-hydrogen) atoms. The van der Waals surface area contributed by atoms with Crippen molar-refractivity contribution in [1.29, 1.82) is 0 Å². The summed E-state index contributed by atoms with van der Waals surface area (Å²) in [6.45, 7) is 4.02. The van der Waals surface area contributed by atoms with Crippen molar-refractivity contribution in [3.63, 3.8) is 0 Å². The Kier molecular flexibility index (Phi) is 3.94. The van der Waals surface area contributed by atoms with Gasteiger partial charge in [-0.25, -0.2) is 0 Å². The molecule has 0 aliphatic heterocycles. The highest BCUT2D eigenvalue weighted by atomic mass is 16.5. The summed E-state index contributed by atoms with van der Waals surface area (Å²) in [5, 5.41) is 0. The molecule has 1 amide bonds. The van der Waals surface area contributed by atoms with E-state index in [2.05, 4.69) is 4.57 Å². The van der Waals surface area contributed by atoms with E-state index in [1.807, 2.05) is 44.2 Å². The lowest BCUT2D eigenvalue weighted by molar-refractivity contribution is -0.113. The highest BCUT2D eigenvalue weighted by Gasteiger charge is 2.12. The summed E-state index contributed by atoms with van der Waals surface area (Å²) in [7, 11) is 1.65. The van der Waals surface area contributed by atoms with Gasteiger partial charge in [-0.2, -0.15) is 0 Å². The van der Waals surface area contributed by atoms with Gasteiger partial charge in [0, 0.05) is 17.5 Å². The molecule has 0 fully saturated rings. The van der Waals surface area contributed by atoms with Gasteiger partial charge in [-0.3, -0.25) is 4.79 Å². The molecule has 2 N–H and O–H groups in total. The fourth-order valence-electron chi connectivity index (χ4n) is 2.31. The molecule has 0 atom stereocenters. The molecule has 1 heterocycles. The Morgan fingerprint density at radius 1 is 1.30 bits per heavy atom. The van der Waals surface area contributed by atoms with Crippen molar-refractivity contribution < 1.29 is 9.53 Å². The Labute approximate surface area is 118 Å². The van der Waals surface area contributed by atoms with Crippen molar-refractivity contribution in [1.82, 2.24) is 4.57 Å². The predicted octanol–water partition coefficient (Wildman–Crippen LogP) is 2.60. The van der Waals surface area contributed by atoms with Crippen LogP contribution in [0.4, 0.5) is 0 Å². The van der Waals surface area contributed by atoms with Crippen molar-refractivity contribution in [3.05, 3.63) is 53.4 Å². The Morgan fingerprint density at radius 3 is 2.65 bits per heavy atom. The number of aromatic nitrogens is 1. The Balaban J connectivity index is 2.55. The standard InChI is InChI=1S/C16H18N2O2/c1-11-10-13(8-9-16(17)19)12(2)18(11)14-6-4-5-7-15(14)20-3/h4-10H,1-3H3,(H2,17,19)/b9-8+. The Hall–Kier alpha value is -2.49. The zero-order valence-corrected chi connectivity index (χ0v) is 11.9. The first-order valence-corrected chi connectivity index (χ1v) is 6.34. The number of hydrogen-bond donors (Lipinski definition) is 1. The van der Waals surface area contributed by atoms with Gasteiger partial charge in [0.2, 0.25) is 5.91 Å². The van der Waals surface area contributed by atoms with E-state index in [-0.39, 0.29) is 0 Å². The van der Waals surface area contributed by atoms with Crippen LogP contribution >= 0.6 is 0 Å². The molecule has 0 unspecified atom stereocenters. The average Bonchev–Trinajstić information content (AvgIpc) is 2.71. The number of carbonyl (C=O) groups is 1. The van der Waals surface area contributed by atoms with E-state index in [9.17, 15) is 4.79 Å². The number of rotatable bonds is 4. The summed E-state index contributed by atoms with van der Waals surface area (Å²) < 4.78 is 7.50. The van der Waals surface area contributed by atoms with Crippen molar-refractivity contribution in [3.8, 4) is 11.4 Å². The fourth-order valence-corrected chi connectivity index (χ4v) is 2.31. The minimum atomic E-state index is -0.452. The van der Waals surface area contributed by atoms with Gasteiger partial charge in [-0.1, -0.05) is 12.1 Å². The number of amides is 1. The molecular formula is C16H18N2O2. The van der Waals surface area contributed by atoms with Crippen LogP contribution in [0.1, 0.15) is 17.0 Å². The molecule has 1 aromatic heterocycles. The molecule has 4 heteroatoms. The number of ether oxygens (including phenoxy) is 1. The van der Waals surface area contributed by atoms with E-state index in [0.717, 1.165) is 28.4 Å². The van der Waals surface area contributed by atoms with E-state index < -0.39 is 5.91 Å². The number of primary amides is 1. The first kappa shape index (κ1) is 13.9. The largest absolute Gasteiger partial charge is 0.495 e. The number of hydrogen-bond acceptors (Lipinski definition) is 2. The molecule has 1 aromatic carbocycles. The minimum absolute atomic E-state index is 0.452. The van der Waals surface area contributed by atoms with Gasteiger partial charge in [0.05, 0.1) is 12.8 Å². The van der Waals surface area contributed by atoms with Gasteiger partial charge >= 0.3 is 0 Å². The lowest BCUT2D eigenvalue weighted by Crippen LogP contribution is -2.05. The smallest absolute Gasteiger partial charge is 0.241 e. The number of nitrogens with two attached hydrogens (primary N) is 1. The summed E-state index contributed by atoms with van der Waals surface area (Å²) in [5.74, 6) is 0.354. The van der Waals surface area contributed by atoms with Crippen LogP contribution in [0.3, 0.4) is 0 Å². The molecule has 2 rings (SSSR count). The summed E-state index contributed by atoms with van der Waals surface area (Å²) in [4.78, 5) is 10.9. The molecule has 0 saturated heterocycles. The van der Waals surface area contributed by atoms with Crippen LogP contribution < -0.4 is 10.5 Å². The van der Waals surface area contributed by atoms with Crippen molar-refractivity contribution in [2.75, 3.05) is 7.11 Å². The van der Waals surface area contributed by atoms with Crippen molar-refractivity contribution in [2.45, 2.75) is 13.8 Å². The summed E-state index contributed by atoms with van der Waals surface area (Å²) in [5.41, 5.74) is 9.18. The van der Waals surface area contributed by atoms with Crippen molar-refractivity contribution >= 4 is 12.0 Å². The number of benzene rings is 1. The van der Waals surface area contributed by atoms with E-state index in [1.54, 1.807) is 13.2 Å². The molecule has 104 valence electrons. The second-order valence-corrected chi connectivity index (χ2v) is 4.57. The molecule has 0 saturated carbocycles. The molecule has 0 spiro atoms. The monoisotopic (exact) mass is 270 g/mol. The van der Waals surface area contributed by atoms with Crippen molar-refractivity contribution in [2.24, 2.45) is 5.73 Å². The van der Waals surface area contributed by atoms with Crippen LogP contribution in [0.5, 0.6) is 5.75 Å². The molecule has 0 aliphatic carbocycles. The maximum Gasteiger partial charge on any atom is 0.241 e. The van der Waals surface area contributed by atoms with Gasteiger partial charge < -0.3 is 15.0 Å². The van der Waals surface area contributed by atoms with Gasteiger partial charge in [0.25, 0.3) is 0 Å². The van der Waals surface area contributed by atoms with Crippen LogP contribution in [0.15, 0.2) is 36.4 Å². The summed E-state index contributed by atoms with van der Waals surface area (Å²) in [6, 6.07) is 9.84. The zero-order chi connectivity index (χ0) is 14.7. The third-order valence-electron chi connectivity index (χ3n) is 3.22. The normalized spacial score (nSPS) is 10.9.